The van der Waals surface area contributed by atoms with Crippen molar-refractivity contribution in [3.63, 3.8) is 0 Å². The van der Waals surface area contributed by atoms with E-state index in [4.69, 9.17) is 0 Å². The SMILES string of the molecule is c1ccc(-c2c3ccccc3c(-c3ccc(-c4ccc(-c5cc6c(c7ccccc57)c5c7ccccc7ccc5n6-c5ccccc5)cc4)cc3)c3ccccc23)cc1. The molecule has 0 radical (unpaired) electrons. The molecule has 0 aliphatic heterocycles. The van der Waals surface area contributed by atoms with Gasteiger partial charge < -0.3 is 4.57 Å². The third kappa shape index (κ3) is 5.25. The predicted molar refractivity (Wildman–Crippen MR) is 253 cm³/mol. The smallest absolute Gasteiger partial charge is 0.0553 e. The Labute approximate surface area is 342 Å². The molecule has 0 unspecified atom stereocenters. The number of hydrogen-bond acceptors (Lipinski definition) is 0. The number of hydrogen-bond donors (Lipinski definition) is 0. The van der Waals surface area contributed by atoms with E-state index in [1.165, 1.54) is 109 Å². The number of nitrogens with zero attached hydrogens (tertiary/aromatic N) is 1. The highest BCUT2D eigenvalue weighted by atomic mass is 15.0. The molecule has 0 fully saturated rings. The number of aromatic nitrogens is 1. The van der Waals surface area contributed by atoms with Crippen LogP contribution >= 0.6 is 0 Å². The Hall–Kier alpha value is -7.74. The fourth-order valence-corrected chi connectivity index (χ4v) is 9.76. The van der Waals surface area contributed by atoms with Gasteiger partial charge in [0.15, 0.2) is 0 Å². The molecular weight excluding hydrogens is 711 g/mol. The quantitative estimate of drug-likeness (QED) is 0.155. The molecule has 12 aromatic rings. The molecule has 1 heterocycles. The molecule has 0 aliphatic rings. The zero-order valence-electron chi connectivity index (χ0n) is 32.3. The molecule has 0 atom stereocenters. The molecule has 274 valence electrons. The minimum absolute atomic E-state index is 1.16. The maximum absolute atomic E-state index is 2.45. The van der Waals surface area contributed by atoms with Gasteiger partial charge >= 0.3 is 0 Å². The second-order valence-corrected chi connectivity index (χ2v) is 15.6. The van der Waals surface area contributed by atoms with Crippen LogP contribution < -0.4 is 0 Å². The van der Waals surface area contributed by atoms with Crippen LogP contribution in [-0.4, -0.2) is 4.57 Å². The molecule has 0 N–H and O–H groups in total. The second kappa shape index (κ2) is 13.4. The van der Waals surface area contributed by atoms with Crippen molar-refractivity contribution in [3.8, 4) is 50.2 Å². The molecule has 12 rings (SSSR count). The standard InChI is InChI=1S/C58H37N/c1-3-16-42(17-4-1)55-48-23-11-13-25-50(48)56(51-26-14-12-24-49(51)55)43-33-29-39(30-34-43)38-27-31-41(32-28-38)52-37-54-58(47-22-10-9-21-46(47)52)57-45-20-8-7-15-40(45)35-36-53(57)59(54)44-18-5-2-6-19-44/h1-37H. The van der Waals surface area contributed by atoms with Crippen molar-refractivity contribution in [1.29, 1.82) is 0 Å². The van der Waals surface area contributed by atoms with E-state index < -0.39 is 0 Å². The summed E-state index contributed by atoms with van der Waals surface area (Å²) in [5.74, 6) is 0. The fourth-order valence-electron chi connectivity index (χ4n) is 9.76. The Kier molecular flexibility index (Phi) is 7.61. The van der Waals surface area contributed by atoms with Crippen molar-refractivity contribution in [2.75, 3.05) is 0 Å². The van der Waals surface area contributed by atoms with Gasteiger partial charge in [0.2, 0.25) is 0 Å². The van der Waals surface area contributed by atoms with Crippen LogP contribution in [0.1, 0.15) is 0 Å². The summed E-state index contributed by atoms with van der Waals surface area (Å²) in [6, 6.07) is 82.3. The molecular formula is C58H37N. The first kappa shape index (κ1) is 33.4. The second-order valence-electron chi connectivity index (χ2n) is 15.6. The minimum Gasteiger partial charge on any atom is -0.309 e. The minimum atomic E-state index is 1.16. The fraction of sp³-hybridized carbons (Fsp3) is 0. The highest BCUT2D eigenvalue weighted by molar-refractivity contribution is 6.30. The van der Waals surface area contributed by atoms with E-state index in [2.05, 4.69) is 229 Å². The first-order valence-corrected chi connectivity index (χ1v) is 20.4. The summed E-state index contributed by atoms with van der Waals surface area (Å²) in [4.78, 5) is 0. The van der Waals surface area contributed by atoms with Crippen molar-refractivity contribution in [2.45, 2.75) is 0 Å². The van der Waals surface area contributed by atoms with Crippen molar-refractivity contribution < 1.29 is 0 Å². The highest BCUT2D eigenvalue weighted by Crippen LogP contribution is 2.46. The Balaban J connectivity index is 0.984. The Morgan fingerprint density at radius 1 is 0.254 bits per heavy atom. The van der Waals surface area contributed by atoms with Gasteiger partial charge in [-0.1, -0.05) is 200 Å². The summed E-state index contributed by atoms with van der Waals surface area (Å²) in [5.41, 5.74) is 13.5. The van der Waals surface area contributed by atoms with Crippen molar-refractivity contribution in [1.82, 2.24) is 4.57 Å². The van der Waals surface area contributed by atoms with E-state index >= 15 is 0 Å². The molecule has 11 aromatic carbocycles. The highest BCUT2D eigenvalue weighted by Gasteiger charge is 2.20. The van der Waals surface area contributed by atoms with Crippen LogP contribution in [0.3, 0.4) is 0 Å². The Morgan fingerprint density at radius 3 is 1.27 bits per heavy atom. The average Bonchev–Trinajstić information content (AvgIpc) is 3.66. The van der Waals surface area contributed by atoms with Crippen LogP contribution in [0.4, 0.5) is 0 Å². The van der Waals surface area contributed by atoms with Gasteiger partial charge in [-0.25, -0.2) is 0 Å². The first-order valence-electron chi connectivity index (χ1n) is 20.4. The molecule has 0 spiro atoms. The average molecular weight is 748 g/mol. The zero-order chi connectivity index (χ0) is 38.9. The van der Waals surface area contributed by atoms with Crippen molar-refractivity contribution in [3.05, 3.63) is 224 Å². The summed E-state index contributed by atoms with van der Waals surface area (Å²) in [7, 11) is 0. The van der Waals surface area contributed by atoms with Gasteiger partial charge in [0, 0.05) is 16.5 Å². The number of benzene rings is 11. The van der Waals surface area contributed by atoms with Gasteiger partial charge in [-0.2, -0.15) is 0 Å². The van der Waals surface area contributed by atoms with E-state index in [0.717, 1.165) is 5.69 Å². The van der Waals surface area contributed by atoms with E-state index in [9.17, 15) is 0 Å². The van der Waals surface area contributed by atoms with Gasteiger partial charge in [0.25, 0.3) is 0 Å². The molecule has 0 bridgehead atoms. The lowest BCUT2D eigenvalue weighted by Crippen LogP contribution is -1.94. The van der Waals surface area contributed by atoms with E-state index in [1.54, 1.807) is 0 Å². The zero-order valence-corrected chi connectivity index (χ0v) is 32.3. The van der Waals surface area contributed by atoms with Crippen LogP contribution in [0.5, 0.6) is 0 Å². The summed E-state index contributed by atoms with van der Waals surface area (Å²) < 4.78 is 2.45. The molecule has 0 saturated heterocycles. The summed E-state index contributed by atoms with van der Waals surface area (Å²) >= 11 is 0. The van der Waals surface area contributed by atoms with Gasteiger partial charge in [-0.05, 0) is 112 Å². The number of fused-ring (bicyclic) bond motifs is 9. The molecule has 1 nitrogen and oxygen atoms in total. The Bertz CT molecular complexity index is 3500. The Morgan fingerprint density at radius 2 is 0.678 bits per heavy atom. The van der Waals surface area contributed by atoms with Crippen LogP contribution in [-0.2, 0) is 0 Å². The lowest BCUT2D eigenvalue weighted by atomic mass is 9.85. The van der Waals surface area contributed by atoms with Gasteiger partial charge in [0.1, 0.15) is 0 Å². The first-order chi connectivity index (χ1) is 29.3. The van der Waals surface area contributed by atoms with Crippen LogP contribution in [0.2, 0.25) is 0 Å². The van der Waals surface area contributed by atoms with E-state index in [1.807, 2.05) is 0 Å². The maximum Gasteiger partial charge on any atom is 0.0553 e. The normalized spacial score (nSPS) is 11.7. The summed E-state index contributed by atoms with van der Waals surface area (Å²) in [6.07, 6.45) is 0. The molecule has 0 aliphatic carbocycles. The predicted octanol–water partition coefficient (Wildman–Crippen LogP) is 16.1. The van der Waals surface area contributed by atoms with E-state index in [-0.39, 0.29) is 0 Å². The third-order valence-corrected chi connectivity index (χ3v) is 12.4. The monoisotopic (exact) mass is 747 g/mol. The molecule has 1 heteroatoms. The third-order valence-electron chi connectivity index (χ3n) is 12.4. The van der Waals surface area contributed by atoms with E-state index in [0.29, 0.717) is 0 Å². The van der Waals surface area contributed by atoms with Crippen molar-refractivity contribution >= 4 is 64.9 Å². The summed E-state index contributed by atoms with van der Waals surface area (Å²) in [5, 5.41) is 12.8. The van der Waals surface area contributed by atoms with Gasteiger partial charge in [-0.3, -0.25) is 0 Å². The molecule has 0 saturated carbocycles. The van der Waals surface area contributed by atoms with Crippen LogP contribution in [0.25, 0.3) is 115 Å². The lowest BCUT2D eigenvalue weighted by Gasteiger charge is -2.18. The number of rotatable bonds is 5. The largest absolute Gasteiger partial charge is 0.309 e. The lowest BCUT2D eigenvalue weighted by molar-refractivity contribution is 1.18. The van der Waals surface area contributed by atoms with Crippen LogP contribution in [0, 0.1) is 0 Å². The number of para-hydroxylation sites is 1. The van der Waals surface area contributed by atoms with Gasteiger partial charge in [0.05, 0.1) is 11.0 Å². The molecule has 1 aromatic heterocycles. The topological polar surface area (TPSA) is 4.93 Å². The summed E-state index contributed by atoms with van der Waals surface area (Å²) in [6.45, 7) is 0. The molecule has 0 amide bonds. The van der Waals surface area contributed by atoms with Gasteiger partial charge in [-0.15, -0.1) is 0 Å². The maximum atomic E-state index is 2.45. The van der Waals surface area contributed by atoms with Crippen molar-refractivity contribution in [2.24, 2.45) is 0 Å². The van der Waals surface area contributed by atoms with Crippen LogP contribution in [0.15, 0.2) is 224 Å². The molecule has 59 heavy (non-hydrogen) atoms.